The largest absolute Gasteiger partial charge is 0.466 e. The van der Waals surface area contributed by atoms with Crippen molar-refractivity contribution < 1.29 is 24.5 Å². The van der Waals surface area contributed by atoms with Gasteiger partial charge in [0, 0.05) is 12.8 Å². The number of hydrogen-bond acceptors (Lipinski definition) is 5. The molecule has 0 aromatic carbocycles. The Morgan fingerprint density at radius 2 is 0.639 bits per heavy atom. The van der Waals surface area contributed by atoms with E-state index in [4.69, 9.17) is 4.74 Å². The zero-order chi connectivity index (χ0) is 52.2. The molecule has 0 saturated heterocycles. The van der Waals surface area contributed by atoms with Crippen LogP contribution in [0.5, 0.6) is 0 Å². The second kappa shape index (κ2) is 62.1. The molecule has 0 saturated carbocycles. The third-order valence-electron chi connectivity index (χ3n) is 15.6. The van der Waals surface area contributed by atoms with Gasteiger partial charge in [-0.3, -0.25) is 9.59 Å². The molecule has 0 aromatic rings. The van der Waals surface area contributed by atoms with Gasteiger partial charge in [0.2, 0.25) is 5.91 Å². The van der Waals surface area contributed by atoms with Crippen LogP contribution in [-0.2, 0) is 14.3 Å². The number of nitrogens with one attached hydrogen (secondary N) is 1. The highest BCUT2D eigenvalue weighted by atomic mass is 16.5. The van der Waals surface area contributed by atoms with Gasteiger partial charge in [-0.2, -0.15) is 0 Å². The van der Waals surface area contributed by atoms with E-state index in [1.54, 1.807) is 6.08 Å². The van der Waals surface area contributed by atoms with Crippen molar-refractivity contribution in [3.8, 4) is 0 Å². The molecule has 0 radical (unpaired) electrons. The Morgan fingerprint density at radius 3 is 0.944 bits per heavy atom. The Hall–Kier alpha value is -1.40. The highest BCUT2D eigenvalue weighted by Gasteiger charge is 2.18. The molecule has 1 amide bonds. The molecule has 0 bridgehead atoms. The van der Waals surface area contributed by atoms with Crippen LogP contribution in [0.4, 0.5) is 0 Å². The number of carbonyl (C=O) groups is 2. The summed E-state index contributed by atoms with van der Waals surface area (Å²) in [6.45, 7) is 4.93. The third-order valence-corrected chi connectivity index (χ3v) is 15.6. The molecular weight excluding hydrogens is 887 g/mol. The van der Waals surface area contributed by atoms with E-state index in [1.165, 1.54) is 308 Å². The first kappa shape index (κ1) is 70.6. The summed E-state index contributed by atoms with van der Waals surface area (Å²) in [7, 11) is 0. The lowest BCUT2D eigenvalue weighted by Gasteiger charge is -2.20. The van der Waals surface area contributed by atoms with Crippen molar-refractivity contribution in [2.24, 2.45) is 0 Å². The first-order valence-electron chi connectivity index (χ1n) is 33.0. The lowest BCUT2D eigenvalue weighted by Crippen LogP contribution is -2.45. The summed E-state index contributed by atoms with van der Waals surface area (Å²) in [4.78, 5) is 24.6. The number of hydrogen-bond donors (Lipinski definition) is 3. The van der Waals surface area contributed by atoms with Crippen molar-refractivity contribution in [2.75, 3.05) is 13.2 Å². The zero-order valence-corrected chi connectivity index (χ0v) is 48.9. The molecule has 0 rings (SSSR count). The van der Waals surface area contributed by atoms with Crippen LogP contribution in [0.3, 0.4) is 0 Å². The molecule has 0 aliphatic rings. The van der Waals surface area contributed by atoms with E-state index in [-0.39, 0.29) is 18.5 Å². The van der Waals surface area contributed by atoms with Crippen LogP contribution in [0.1, 0.15) is 373 Å². The predicted octanol–water partition coefficient (Wildman–Crippen LogP) is 20.8. The van der Waals surface area contributed by atoms with Gasteiger partial charge in [-0.25, -0.2) is 0 Å². The number of amides is 1. The average molecular weight is 1020 g/mol. The summed E-state index contributed by atoms with van der Waals surface area (Å²) in [6.07, 6.45) is 75.6. The third kappa shape index (κ3) is 57.9. The Kier molecular flexibility index (Phi) is 60.9. The van der Waals surface area contributed by atoms with E-state index >= 15 is 0 Å². The minimum absolute atomic E-state index is 0.0194. The molecule has 0 aliphatic heterocycles. The van der Waals surface area contributed by atoms with E-state index in [0.29, 0.717) is 19.4 Å². The maximum absolute atomic E-state index is 12.5. The summed E-state index contributed by atoms with van der Waals surface area (Å²) >= 11 is 0. The van der Waals surface area contributed by atoms with Gasteiger partial charge in [0.25, 0.3) is 0 Å². The van der Waals surface area contributed by atoms with Crippen molar-refractivity contribution in [3.05, 3.63) is 12.2 Å². The standard InChI is InChI=1S/C66H129NO5/c1-3-5-7-9-11-13-15-17-18-19-25-29-32-36-40-44-48-52-56-60-66(71)72-61-57-53-49-45-41-37-33-30-27-24-22-20-21-23-26-28-31-35-39-43-47-51-55-59-65(70)67-63(62-68)64(69)58-54-50-46-42-38-34-16-14-12-10-8-6-4-2/h54,58,63-64,68-69H,3-53,55-57,59-62H2,1-2H3,(H,67,70)/b58-54+. The molecule has 6 nitrogen and oxygen atoms in total. The van der Waals surface area contributed by atoms with Crippen molar-refractivity contribution in [3.63, 3.8) is 0 Å². The van der Waals surface area contributed by atoms with Crippen molar-refractivity contribution in [2.45, 2.75) is 386 Å². The summed E-state index contributed by atoms with van der Waals surface area (Å²) < 4.78 is 5.51. The molecule has 3 N–H and O–H groups in total. The fraction of sp³-hybridized carbons (Fsp3) is 0.939. The minimum atomic E-state index is -0.842. The second-order valence-electron chi connectivity index (χ2n) is 22.8. The molecule has 6 heteroatoms. The number of esters is 1. The summed E-state index contributed by atoms with van der Waals surface area (Å²) in [6, 6.07) is -0.626. The first-order valence-corrected chi connectivity index (χ1v) is 33.0. The normalized spacial score (nSPS) is 12.6. The molecule has 0 spiro atoms. The van der Waals surface area contributed by atoms with Crippen LogP contribution in [0.25, 0.3) is 0 Å². The summed E-state index contributed by atoms with van der Waals surface area (Å²) in [5, 5.41) is 23.1. The molecule has 72 heavy (non-hydrogen) atoms. The van der Waals surface area contributed by atoms with Crippen LogP contribution < -0.4 is 5.32 Å². The quantitative estimate of drug-likeness (QED) is 0.0320. The van der Waals surface area contributed by atoms with Gasteiger partial charge in [0.05, 0.1) is 25.4 Å². The molecule has 0 fully saturated rings. The molecule has 2 atom stereocenters. The number of ether oxygens (including phenoxy) is 1. The van der Waals surface area contributed by atoms with E-state index in [1.807, 2.05) is 6.08 Å². The van der Waals surface area contributed by atoms with Gasteiger partial charge in [0.15, 0.2) is 0 Å². The molecular formula is C66H129NO5. The molecule has 0 heterocycles. The minimum Gasteiger partial charge on any atom is -0.466 e. The fourth-order valence-corrected chi connectivity index (χ4v) is 10.5. The van der Waals surface area contributed by atoms with Crippen molar-refractivity contribution in [1.29, 1.82) is 0 Å². The van der Waals surface area contributed by atoms with Gasteiger partial charge in [-0.05, 0) is 32.1 Å². The maximum atomic E-state index is 12.5. The summed E-state index contributed by atoms with van der Waals surface area (Å²) in [5.74, 6) is -0.0463. The van der Waals surface area contributed by atoms with E-state index < -0.39 is 12.1 Å². The fourth-order valence-electron chi connectivity index (χ4n) is 10.5. The Labute approximate surface area is 450 Å². The summed E-state index contributed by atoms with van der Waals surface area (Å²) in [5.41, 5.74) is 0. The first-order chi connectivity index (χ1) is 35.5. The number of aliphatic hydroxyl groups is 2. The topological polar surface area (TPSA) is 95.9 Å². The van der Waals surface area contributed by atoms with Crippen LogP contribution >= 0.6 is 0 Å². The molecule has 2 unspecified atom stereocenters. The lowest BCUT2D eigenvalue weighted by atomic mass is 10.0. The number of allylic oxidation sites excluding steroid dienone is 1. The number of rotatable bonds is 62. The van der Waals surface area contributed by atoms with E-state index in [0.717, 1.165) is 38.5 Å². The lowest BCUT2D eigenvalue weighted by molar-refractivity contribution is -0.143. The SMILES string of the molecule is CCCCCCCCCCCCC/C=C/C(O)C(CO)NC(=O)CCCCCCCCCCCCCCCCCCCCCCCCCOC(=O)CCCCCCCCCCCCCCCCCCCCC. The predicted molar refractivity (Wildman–Crippen MR) is 315 cm³/mol. The zero-order valence-electron chi connectivity index (χ0n) is 48.9. The van der Waals surface area contributed by atoms with Crippen LogP contribution in [-0.4, -0.2) is 47.4 Å². The van der Waals surface area contributed by atoms with Gasteiger partial charge in [0.1, 0.15) is 0 Å². The Balaban J connectivity index is 3.34. The number of carbonyl (C=O) groups excluding carboxylic acids is 2. The van der Waals surface area contributed by atoms with Gasteiger partial charge in [-0.15, -0.1) is 0 Å². The Morgan fingerprint density at radius 1 is 0.375 bits per heavy atom. The van der Waals surface area contributed by atoms with Crippen LogP contribution in [0, 0.1) is 0 Å². The van der Waals surface area contributed by atoms with Crippen LogP contribution in [0.15, 0.2) is 12.2 Å². The number of unbranched alkanes of at least 4 members (excludes halogenated alkanes) is 51. The molecule has 0 aromatic heterocycles. The second-order valence-corrected chi connectivity index (χ2v) is 22.8. The monoisotopic (exact) mass is 1020 g/mol. The Bertz CT molecular complexity index is 1080. The van der Waals surface area contributed by atoms with Crippen LogP contribution in [0.2, 0.25) is 0 Å². The van der Waals surface area contributed by atoms with E-state index in [2.05, 4.69) is 19.2 Å². The van der Waals surface area contributed by atoms with Gasteiger partial charge in [-0.1, -0.05) is 341 Å². The number of aliphatic hydroxyl groups excluding tert-OH is 2. The van der Waals surface area contributed by atoms with E-state index in [9.17, 15) is 19.8 Å². The molecule has 0 aliphatic carbocycles. The average Bonchev–Trinajstić information content (AvgIpc) is 3.38. The highest BCUT2D eigenvalue weighted by molar-refractivity contribution is 5.76. The van der Waals surface area contributed by atoms with Gasteiger partial charge < -0.3 is 20.3 Å². The maximum Gasteiger partial charge on any atom is 0.305 e. The van der Waals surface area contributed by atoms with Crippen molar-refractivity contribution in [1.82, 2.24) is 5.32 Å². The smallest absolute Gasteiger partial charge is 0.305 e. The van der Waals surface area contributed by atoms with Crippen molar-refractivity contribution >= 4 is 11.9 Å². The molecule has 428 valence electrons. The van der Waals surface area contributed by atoms with Gasteiger partial charge >= 0.3 is 5.97 Å². The highest BCUT2D eigenvalue weighted by Crippen LogP contribution is 2.19.